The largest absolute Gasteiger partial charge is 0.512 e. The molecule has 0 aliphatic carbocycles. The minimum Gasteiger partial charge on any atom is -0.512 e. The molecule has 1 radical (unpaired) electrons. The third-order valence-electron chi connectivity index (χ3n) is 4.97. The topological polar surface area (TPSA) is 63.3 Å². The number of nitrogens with zero attached hydrogens (tertiary/aromatic N) is 1. The number of furan rings is 1. The molecule has 3 heterocycles. The van der Waals surface area contributed by atoms with E-state index in [-0.39, 0.29) is 31.6 Å². The van der Waals surface area contributed by atoms with Crippen molar-refractivity contribution in [3.63, 3.8) is 0 Å². The summed E-state index contributed by atoms with van der Waals surface area (Å²) in [5.74, 6) is -0.0625. The van der Waals surface area contributed by atoms with Crippen LogP contribution in [-0.4, -0.2) is 15.9 Å². The minimum atomic E-state index is -0.125. The van der Waals surface area contributed by atoms with Crippen molar-refractivity contribution in [1.29, 1.82) is 0 Å². The number of para-hydroxylation sites is 1. The van der Waals surface area contributed by atoms with Crippen molar-refractivity contribution in [2.75, 3.05) is 0 Å². The van der Waals surface area contributed by atoms with Gasteiger partial charge >= 0.3 is 0 Å². The fourth-order valence-corrected chi connectivity index (χ4v) is 4.93. The first-order valence-corrected chi connectivity index (χ1v) is 10.6. The number of ketones is 1. The summed E-state index contributed by atoms with van der Waals surface area (Å²) in [6, 6.07) is 24.0. The number of carbonyl (C=O) groups excluding carboxylic acids is 1. The van der Waals surface area contributed by atoms with Gasteiger partial charge in [-0.15, -0.1) is 28.9 Å². The van der Waals surface area contributed by atoms with Crippen LogP contribution in [0.5, 0.6) is 0 Å². The molecule has 0 aliphatic rings. The Balaban J connectivity index is 0.000000271. The zero-order valence-electron chi connectivity index (χ0n) is 17.3. The molecule has 161 valence electrons. The van der Waals surface area contributed by atoms with Crippen LogP contribution in [0.15, 0.2) is 76.9 Å². The molecule has 0 unspecified atom stereocenters. The van der Waals surface area contributed by atoms with Crippen LogP contribution in [0.25, 0.3) is 53.1 Å². The van der Waals surface area contributed by atoms with Crippen LogP contribution in [0.3, 0.4) is 0 Å². The molecule has 6 heteroatoms. The molecular formula is C26H18IrNO3S-. The van der Waals surface area contributed by atoms with Crippen LogP contribution in [-0.2, 0) is 24.9 Å². The van der Waals surface area contributed by atoms with Gasteiger partial charge in [-0.2, -0.15) is 0 Å². The Kier molecular flexibility index (Phi) is 6.11. The first kappa shape index (κ1) is 22.2. The van der Waals surface area contributed by atoms with Gasteiger partial charge in [-0.1, -0.05) is 35.7 Å². The molecule has 3 aromatic heterocycles. The molecule has 32 heavy (non-hydrogen) atoms. The summed E-state index contributed by atoms with van der Waals surface area (Å²) < 4.78 is 8.43. The van der Waals surface area contributed by atoms with E-state index >= 15 is 0 Å². The van der Waals surface area contributed by atoms with Gasteiger partial charge in [0.05, 0.1) is 16.9 Å². The second-order valence-corrected chi connectivity index (χ2v) is 8.43. The average molecular weight is 617 g/mol. The second kappa shape index (κ2) is 8.83. The molecular weight excluding hydrogens is 599 g/mol. The summed E-state index contributed by atoms with van der Waals surface area (Å²) in [5.41, 5.74) is 3.82. The molecule has 0 saturated carbocycles. The van der Waals surface area contributed by atoms with E-state index in [1.807, 2.05) is 24.3 Å². The van der Waals surface area contributed by atoms with E-state index in [9.17, 15) is 4.79 Å². The number of aliphatic hydroxyl groups excluding tert-OH is 1. The fraction of sp³-hybridized carbons (Fsp3) is 0.0769. The number of benzene rings is 3. The van der Waals surface area contributed by atoms with Crippen LogP contribution in [0, 0.1) is 6.07 Å². The van der Waals surface area contributed by atoms with Gasteiger partial charge in [0.15, 0.2) is 5.78 Å². The van der Waals surface area contributed by atoms with E-state index in [4.69, 9.17) is 14.5 Å². The maximum atomic E-state index is 10.0. The Morgan fingerprint density at radius 3 is 2.56 bits per heavy atom. The minimum absolute atomic E-state index is 0. The summed E-state index contributed by atoms with van der Waals surface area (Å²) in [4.78, 5) is 15.0. The van der Waals surface area contributed by atoms with E-state index in [1.54, 1.807) is 11.3 Å². The molecule has 6 aromatic rings. The Morgan fingerprint density at radius 2 is 1.81 bits per heavy atom. The summed E-state index contributed by atoms with van der Waals surface area (Å²) in [7, 11) is 0. The predicted molar refractivity (Wildman–Crippen MR) is 128 cm³/mol. The van der Waals surface area contributed by atoms with Crippen LogP contribution >= 0.6 is 11.3 Å². The van der Waals surface area contributed by atoms with E-state index in [0.717, 1.165) is 38.4 Å². The van der Waals surface area contributed by atoms with Gasteiger partial charge in [0.2, 0.25) is 0 Å². The molecule has 4 nitrogen and oxygen atoms in total. The molecule has 3 aromatic carbocycles. The van der Waals surface area contributed by atoms with E-state index in [0.29, 0.717) is 0 Å². The maximum absolute atomic E-state index is 10.0. The Morgan fingerprint density at radius 1 is 1.03 bits per heavy atom. The van der Waals surface area contributed by atoms with Crippen molar-refractivity contribution < 1.29 is 34.4 Å². The smallest absolute Gasteiger partial charge is 0.155 e. The number of fused-ring (bicyclic) bond motifs is 3. The molecule has 0 bridgehead atoms. The van der Waals surface area contributed by atoms with Crippen LogP contribution in [0.1, 0.15) is 13.8 Å². The summed E-state index contributed by atoms with van der Waals surface area (Å²) in [5, 5.41) is 12.9. The zero-order valence-corrected chi connectivity index (χ0v) is 20.5. The van der Waals surface area contributed by atoms with Gasteiger partial charge in [-0.25, -0.2) is 0 Å². The normalized spacial score (nSPS) is 11.6. The molecule has 1 N–H and O–H groups in total. The van der Waals surface area contributed by atoms with Gasteiger partial charge in [-0.3, -0.25) is 9.78 Å². The first-order chi connectivity index (χ1) is 15.0. The van der Waals surface area contributed by atoms with Gasteiger partial charge < -0.3 is 9.52 Å². The Hall–Kier alpha value is -3.05. The third-order valence-corrected chi connectivity index (χ3v) is 6.07. The zero-order chi connectivity index (χ0) is 21.5. The van der Waals surface area contributed by atoms with Gasteiger partial charge in [-0.05, 0) is 43.5 Å². The molecule has 0 amide bonds. The summed E-state index contributed by atoms with van der Waals surface area (Å²) in [6.45, 7) is 2.85. The molecule has 0 spiro atoms. The van der Waals surface area contributed by atoms with Crippen molar-refractivity contribution in [2.45, 2.75) is 13.8 Å². The molecule has 0 aliphatic heterocycles. The van der Waals surface area contributed by atoms with Crippen molar-refractivity contribution in [3.05, 3.63) is 78.6 Å². The quantitative estimate of drug-likeness (QED) is 0.119. The number of carbonyl (C=O) groups is 1. The molecule has 0 fully saturated rings. The van der Waals surface area contributed by atoms with Crippen LogP contribution in [0.4, 0.5) is 0 Å². The third kappa shape index (κ3) is 3.93. The van der Waals surface area contributed by atoms with E-state index < -0.39 is 0 Å². The summed E-state index contributed by atoms with van der Waals surface area (Å²) in [6.07, 6.45) is 1.17. The maximum Gasteiger partial charge on any atom is 0.155 e. The number of pyridine rings is 1. The number of aliphatic hydroxyl groups is 1. The monoisotopic (exact) mass is 617 g/mol. The molecule has 0 atom stereocenters. The number of hydrogen-bond donors (Lipinski definition) is 1. The standard InChI is InChI=1S/C21H10NOS.C5H8O2.Ir/c1-2-7-14-12(5-1)11-18-21(22-14)13-6-3-8-15-19(13)20-16(23-15)9-4-10-17(20)24-18;1-4(6)3-5(2)7;/h1-5,7-11H;3,6H,1-2H3;/q-1;;/b;4-3-;. The van der Waals surface area contributed by atoms with Crippen molar-refractivity contribution in [1.82, 2.24) is 4.98 Å². The van der Waals surface area contributed by atoms with E-state index in [1.165, 1.54) is 34.7 Å². The number of aromatic nitrogens is 1. The van der Waals surface area contributed by atoms with E-state index in [2.05, 4.69) is 42.5 Å². The Bertz CT molecular complexity index is 1640. The second-order valence-electron chi connectivity index (χ2n) is 7.35. The first-order valence-electron chi connectivity index (χ1n) is 9.83. The van der Waals surface area contributed by atoms with Crippen molar-refractivity contribution in [3.8, 4) is 0 Å². The number of rotatable bonds is 1. The van der Waals surface area contributed by atoms with Gasteiger partial charge in [0, 0.05) is 46.5 Å². The summed E-state index contributed by atoms with van der Waals surface area (Å²) >= 11 is 1.76. The van der Waals surface area contributed by atoms with Gasteiger partial charge in [0.25, 0.3) is 0 Å². The molecule has 0 saturated heterocycles. The Labute approximate surface area is 201 Å². The predicted octanol–water partition coefficient (Wildman–Crippen LogP) is 7.34. The molecule has 6 rings (SSSR count). The SMILES string of the molecule is CC(=O)/C=C(/C)O.[Ir].[c-]1ccc2oc3cccc4sc5cc6ccccc6nc5c1c2c34. The van der Waals surface area contributed by atoms with Crippen molar-refractivity contribution >= 4 is 70.3 Å². The van der Waals surface area contributed by atoms with Crippen molar-refractivity contribution in [2.24, 2.45) is 0 Å². The van der Waals surface area contributed by atoms with Crippen LogP contribution < -0.4 is 0 Å². The van der Waals surface area contributed by atoms with Crippen LogP contribution in [0.2, 0.25) is 0 Å². The average Bonchev–Trinajstić information content (AvgIpc) is 3.05. The number of allylic oxidation sites excluding steroid dienone is 2. The fourth-order valence-electron chi connectivity index (χ4n) is 3.81. The number of hydrogen-bond acceptors (Lipinski definition) is 5. The van der Waals surface area contributed by atoms with Gasteiger partial charge in [0.1, 0.15) is 5.58 Å².